The number of carboxylic acids is 1. The number of aryl methyl sites for hydroxylation is 2. The van der Waals surface area contributed by atoms with Crippen molar-refractivity contribution >= 4 is 5.97 Å². The topological polar surface area (TPSA) is 58.6 Å². The maximum absolute atomic E-state index is 10.9. The highest BCUT2D eigenvalue weighted by Gasteiger charge is 2.03. The normalized spacial score (nSPS) is 10.5. The molecule has 0 amide bonds. The minimum atomic E-state index is -0.903. The van der Waals surface area contributed by atoms with E-state index in [2.05, 4.69) is 11.4 Å². The third-order valence-corrected chi connectivity index (χ3v) is 3.25. The van der Waals surface area contributed by atoms with Gasteiger partial charge in [0.05, 0.1) is 5.56 Å². The largest absolute Gasteiger partial charge is 0.492 e. The molecule has 0 fully saturated rings. The average Bonchev–Trinajstić information content (AvgIpc) is 2.46. The predicted octanol–water partition coefficient (Wildman–Crippen LogP) is 3.17. The molecule has 0 aromatic heterocycles. The summed E-state index contributed by atoms with van der Waals surface area (Å²) in [6, 6.07) is 13.1. The molecule has 2 aromatic carbocycles. The molecular weight excluding hydrogens is 278 g/mol. The first kappa shape index (κ1) is 16.0. The fraction of sp³-hybridized carbons (Fsp3) is 0.278. The van der Waals surface area contributed by atoms with E-state index in [0.29, 0.717) is 25.3 Å². The van der Waals surface area contributed by atoms with Crippen LogP contribution in [-0.4, -0.2) is 24.2 Å². The summed E-state index contributed by atoms with van der Waals surface area (Å²) in [5.74, 6) is -0.0211. The first-order valence-corrected chi connectivity index (χ1v) is 7.28. The molecule has 0 aliphatic carbocycles. The lowest BCUT2D eigenvalue weighted by Gasteiger charge is -2.09. The molecule has 2 rings (SSSR count). The molecular formula is C18H21NO3. The third-order valence-electron chi connectivity index (χ3n) is 3.25. The molecule has 0 saturated carbocycles. The SMILES string of the molecule is Cc1cc(C)cc(OCCNCc2cccc(C(=O)O)c2)c1. The molecule has 0 atom stereocenters. The molecule has 116 valence electrons. The van der Waals surface area contributed by atoms with Gasteiger partial charge in [0.1, 0.15) is 12.4 Å². The van der Waals surface area contributed by atoms with Gasteiger partial charge in [0.15, 0.2) is 0 Å². The smallest absolute Gasteiger partial charge is 0.335 e. The van der Waals surface area contributed by atoms with Crippen molar-refractivity contribution in [2.75, 3.05) is 13.2 Å². The minimum Gasteiger partial charge on any atom is -0.492 e. The summed E-state index contributed by atoms with van der Waals surface area (Å²) in [7, 11) is 0. The lowest BCUT2D eigenvalue weighted by Crippen LogP contribution is -2.20. The van der Waals surface area contributed by atoms with Crippen molar-refractivity contribution in [1.82, 2.24) is 5.32 Å². The second-order valence-corrected chi connectivity index (χ2v) is 5.35. The number of hydrogen-bond acceptors (Lipinski definition) is 3. The van der Waals surface area contributed by atoms with E-state index in [4.69, 9.17) is 9.84 Å². The molecule has 22 heavy (non-hydrogen) atoms. The predicted molar refractivity (Wildman–Crippen MR) is 86.5 cm³/mol. The fourth-order valence-corrected chi connectivity index (χ4v) is 2.30. The molecule has 0 unspecified atom stereocenters. The summed E-state index contributed by atoms with van der Waals surface area (Å²) in [4.78, 5) is 10.9. The Bertz CT molecular complexity index is 632. The van der Waals surface area contributed by atoms with Gasteiger partial charge in [-0.05, 0) is 54.8 Å². The van der Waals surface area contributed by atoms with Crippen LogP contribution in [0.25, 0.3) is 0 Å². The second kappa shape index (κ2) is 7.61. The number of aromatic carboxylic acids is 1. The van der Waals surface area contributed by atoms with E-state index < -0.39 is 5.97 Å². The Labute approximate surface area is 130 Å². The Balaban J connectivity index is 1.75. The first-order chi connectivity index (χ1) is 10.5. The second-order valence-electron chi connectivity index (χ2n) is 5.35. The third kappa shape index (κ3) is 4.90. The molecule has 0 aliphatic rings. The Morgan fingerprint density at radius 2 is 1.86 bits per heavy atom. The monoisotopic (exact) mass is 299 g/mol. The van der Waals surface area contributed by atoms with Crippen molar-refractivity contribution < 1.29 is 14.6 Å². The van der Waals surface area contributed by atoms with E-state index in [-0.39, 0.29) is 0 Å². The summed E-state index contributed by atoms with van der Waals surface area (Å²) in [6.07, 6.45) is 0. The number of hydrogen-bond donors (Lipinski definition) is 2. The van der Waals surface area contributed by atoms with Crippen LogP contribution in [0.3, 0.4) is 0 Å². The zero-order chi connectivity index (χ0) is 15.9. The van der Waals surface area contributed by atoms with Crippen LogP contribution in [0.15, 0.2) is 42.5 Å². The van der Waals surface area contributed by atoms with Gasteiger partial charge in [-0.25, -0.2) is 4.79 Å². The van der Waals surface area contributed by atoms with Crippen LogP contribution in [-0.2, 0) is 6.54 Å². The molecule has 4 heteroatoms. The van der Waals surface area contributed by atoms with Crippen LogP contribution in [0, 0.1) is 13.8 Å². The molecule has 4 nitrogen and oxygen atoms in total. The molecule has 0 saturated heterocycles. The van der Waals surface area contributed by atoms with Gasteiger partial charge < -0.3 is 15.2 Å². The van der Waals surface area contributed by atoms with Crippen LogP contribution in [0.1, 0.15) is 27.0 Å². The lowest BCUT2D eigenvalue weighted by atomic mass is 10.1. The molecule has 0 radical (unpaired) electrons. The first-order valence-electron chi connectivity index (χ1n) is 7.28. The number of rotatable bonds is 7. The summed E-state index contributed by atoms with van der Waals surface area (Å²) >= 11 is 0. The van der Waals surface area contributed by atoms with Crippen LogP contribution in [0.2, 0.25) is 0 Å². The van der Waals surface area contributed by atoms with E-state index in [0.717, 1.165) is 11.3 Å². The summed E-state index contributed by atoms with van der Waals surface area (Å²) < 4.78 is 5.71. The number of carbonyl (C=O) groups is 1. The standard InChI is InChI=1S/C18H21NO3/c1-13-8-14(2)10-17(9-13)22-7-6-19-12-15-4-3-5-16(11-15)18(20)21/h3-5,8-11,19H,6-7,12H2,1-2H3,(H,20,21). The quantitative estimate of drug-likeness (QED) is 0.771. The lowest BCUT2D eigenvalue weighted by molar-refractivity contribution is 0.0696. The van der Waals surface area contributed by atoms with Crippen molar-refractivity contribution in [3.63, 3.8) is 0 Å². The number of ether oxygens (including phenoxy) is 1. The summed E-state index contributed by atoms with van der Waals surface area (Å²) in [5, 5.41) is 12.2. The van der Waals surface area contributed by atoms with Crippen LogP contribution in [0.5, 0.6) is 5.75 Å². The van der Waals surface area contributed by atoms with Crippen LogP contribution < -0.4 is 10.1 Å². The van der Waals surface area contributed by atoms with Gasteiger partial charge in [-0.1, -0.05) is 18.2 Å². The van der Waals surface area contributed by atoms with Crippen molar-refractivity contribution in [2.24, 2.45) is 0 Å². The molecule has 0 heterocycles. The molecule has 2 aromatic rings. The maximum atomic E-state index is 10.9. The fourth-order valence-electron chi connectivity index (χ4n) is 2.30. The highest BCUT2D eigenvalue weighted by atomic mass is 16.5. The maximum Gasteiger partial charge on any atom is 0.335 e. The van der Waals surface area contributed by atoms with Crippen molar-refractivity contribution in [2.45, 2.75) is 20.4 Å². The van der Waals surface area contributed by atoms with Gasteiger partial charge in [0.25, 0.3) is 0 Å². The van der Waals surface area contributed by atoms with E-state index in [1.807, 2.05) is 32.0 Å². The molecule has 0 spiro atoms. The number of nitrogens with one attached hydrogen (secondary N) is 1. The zero-order valence-electron chi connectivity index (χ0n) is 12.9. The minimum absolute atomic E-state index is 0.311. The van der Waals surface area contributed by atoms with Crippen LogP contribution >= 0.6 is 0 Å². The summed E-state index contributed by atoms with van der Waals surface area (Å²) in [6.45, 7) is 5.99. The van der Waals surface area contributed by atoms with Gasteiger partial charge >= 0.3 is 5.97 Å². The zero-order valence-corrected chi connectivity index (χ0v) is 12.9. The van der Waals surface area contributed by atoms with Gasteiger partial charge in [-0.15, -0.1) is 0 Å². The number of benzene rings is 2. The van der Waals surface area contributed by atoms with Gasteiger partial charge in [-0.2, -0.15) is 0 Å². The Hall–Kier alpha value is -2.33. The Morgan fingerprint density at radius 1 is 1.14 bits per heavy atom. The van der Waals surface area contributed by atoms with E-state index in [1.165, 1.54) is 11.1 Å². The van der Waals surface area contributed by atoms with E-state index >= 15 is 0 Å². The molecule has 2 N–H and O–H groups in total. The van der Waals surface area contributed by atoms with Crippen molar-refractivity contribution in [3.8, 4) is 5.75 Å². The van der Waals surface area contributed by atoms with Crippen molar-refractivity contribution in [3.05, 3.63) is 64.7 Å². The van der Waals surface area contributed by atoms with Gasteiger partial charge in [-0.3, -0.25) is 0 Å². The summed E-state index contributed by atoms with van der Waals surface area (Å²) in [5.41, 5.74) is 3.64. The average molecular weight is 299 g/mol. The molecule has 0 bridgehead atoms. The number of carboxylic acid groups (broad SMARTS) is 1. The highest BCUT2D eigenvalue weighted by Crippen LogP contribution is 2.15. The Kier molecular flexibility index (Phi) is 5.55. The highest BCUT2D eigenvalue weighted by molar-refractivity contribution is 5.87. The van der Waals surface area contributed by atoms with Crippen LogP contribution in [0.4, 0.5) is 0 Å². The van der Waals surface area contributed by atoms with Gasteiger partial charge in [0, 0.05) is 13.1 Å². The van der Waals surface area contributed by atoms with Gasteiger partial charge in [0.2, 0.25) is 0 Å². The van der Waals surface area contributed by atoms with E-state index in [1.54, 1.807) is 18.2 Å². The van der Waals surface area contributed by atoms with Crippen molar-refractivity contribution in [1.29, 1.82) is 0 Å². The van der Waals surface area contributed by atoms with E-state index in [9.17, 15) is 4.79 Å². The Morgan fingerprint density at radius 3 is 2.55 bits per heavy atom. The molecule has 0 aliphatic heterocycles.